The molecule has 2 heterocycles. The summed E-state index contributed by atoms with van der Waals surface area (Å²) in [5.74, 6) is 0.433. The second-order valence-corrected chi connectivity index (χ2v) is 7.01. The molecule has 0 saturated heterocycles. The summed E-state index contributed by atoms with van der Waals surface area (Å²) in [6, 6.07) is 17.5. The number of anilines is 1. The molecule has 0 bridgehead atoms. The number of hydrogen-bond donors (Lipinski definition) is 0. The predicted octanol–water partition coefficient (Wildman–Crippen LogP) is 5.09. The highest BCUT2D eigenvalue weighted by Crippen LogP contribution is 2.33. The van der Waals surface area contributed by atoms with E-state index in [9.17, 15) is 4.79 Å². The molecule has 0 atom stereocenters. The molecule has 0 saturated carbocycles. The van der Waals surface area contributed by atoms with Crippen molar-refractivity contribution in [3.8, 4) is 5.88 Å². The van der Waals surface area contributed by atoms with E-state index in [0.29, 0.717) is 18.0 Å². The standard InChI is InChI=1S/C23H22N2O2/c1-15(2)27-22-14-19(18-9-4-6-10-20(18)24-22)23(26)25-13-12-16(3)17-8-5-7-11-21(17)25/h4-12,14-15H,13H2,1-3H3. The number of rotatable bonds is 3. The normalized spacial score (nSPS) is 13.5. The zero-order valence-electron chi connectivity index (χ0n) is 15.8. The number of ether oxygens (including phenoxy) is 1. The summed E-state index contributed by atoms with van der Waals surface area (Å²) in [4.78, 5) is 19.9. The Labute approximate surface area is 159 Å². The van der Waals surface area contributed by atoms with E-state index in [1.165, 1.54) is 5.57 Å². The van der Waals surface area contributed by atoms with Crippen molar-refractivity contribution in [3.05, 3.63) is 71.8 Å². The summed E-state index contributed by atoms with van der Waals surface area (Å²) >= 11 is 0. The largest absolute Gasteiger partial charge is 0.475 e. The van der Waals surface area contributed by atoms with Gasteiger partial charge in [-0.15, -0.1) is 0 Å². The van der Waals surface area contributed by atoms with E-state index in [0.717, 1.165) is 22.2 Å². The molecule has 1 amide bonds. The van der Waals surface area contributed by atoms with Gasteiger partial charge in [0.15, 0.2) is 0 Å². The van der Waals surface area contributed by atoms with Crippen LogP contribution in [0.15, 0.2) is 60.7 Å². The summed E-state index contributed by atoms with van der Waals surface area (Å²) in [6.45, 7) is 6.54. The fraction of sp³-hybridized carbons (Fsp3) is 0.217. The molecular formula is C23H22N2O2. The Morgan fingerprint density at radius 3 is 2.67 bits per heavy atom. The molecule has 4 heteroatoms. The molecule has 4 nitrogen and oxygen atoms in total. The van der Waals surface area contributed by atoms with Crippen molar-refractivity contribution in [2.45, 2.75) is 26.9 Å². The molecule has 27 heavy (non-hydrogen) atoms. The quantitative estimate of drug-likeness (QED) is 0.655. The number of carbonyl (C=O) groups is 1. The second kappa shape index (κ2) is 6.88. The molecular weight excluding hydrogens is 336 g/mol. The van der Waals surface area contributed by atoms with Gasteiger partial charge in [-0.3, -0.25) is 4.79 Å². The highest BCUT2D eigenvalue weighted by atomic mass is 16.5. The molecule has 0 aliphatic carbocycles. The number of benzene rings is 2. The molecule has 1 aliphatic rings. The first-order valence-corrected chi connectivity index (χ1v) is 9.19. The smallest absolute Gasteiger partial charge is 0.259 e. The Bertz CT molecular complexity index is 1050. The average molecular weight is 358 g/mol. The first-order chi connectivity index (χ1) is 13.0. The molecule has 0 radical (unpaired) electrons. The lowest BCUT2D eigenvalue weighted by atomic mass is 9.99. The van der Waals surface area contributed by atoms with Crippen molar-refractivity contribution in [1.82, 2.24) is 4.98 Å². The first kappa shape index (κ1) is 17.3. The molecule has 1 aliphatic heterocycles. The minimum Gasteiger partial charge on any atom is -0.475 e. The van der Waals surface area contributed by atoms with Crippen molar-refractivity contribution in [1.29, 1.82) is 0 Å². The summed E-state index contributed by atoms with van der Waals surface area (Å²) in [5, 5.41) is 0.836. The number of fused-ring (bicyclic) bond motifs is 2. The van der Waals surface area contributed by atoms with Gasteiger partial charge in [-0.25, -0.2) is 4.98 Å². The molecule has 0 fully saturated rings. The number of hydrogen-bond acceptors (Lipinski definition) is 3. The number of amides is 1. The van der Waals surface area contributed by atoms with Crippen molar-refractivity contribution in [2.24, 2.45) is 0 Å². The van der Waals surface area contributed by atoms with Gasteiger partial charge in [0.25, 0.3) is 5.91 Å². The lowest BCUT2D eigenvalue weighted by Crippen LogP contribution is -2.33. The number of aromatic nitrogens is 1. The molecule has 0 unspecified atom stereocenters. The zero-order chi connectivity index (χ0) is 19.0. The second-order valence-electron chi connectivity index (χ2n) is 7.01. The fourth-order valence-corrected chi connectivity index (χ4v) is 3.45. The predicted molar refractivity (Wildman–Crippen MR) is 109 cm³/mol. The van der Waals surface area contributed by atoms with E-state index in [4.69, 9.17) is 4.74 Å². The maximum Gasteiger partial charge on any atom is 0.259 e. The number of allylic oxidation sites excluding steroid dienone is 1. The van der Waals surface area contributed by atoms with E-state index in [2.05, 4.69) is 24.1 Å². The number of nitrogens with zero attached hydrogens (tertiary/aromatic N) is 2. The third kappa shape index (κ3) is 3.19. The summed E-state index contributed by atoms with van der Waals surface area (Å²) in [5.41, 5.74) is 4.59. The van der Waals surface area contributed by atoms with Crippen molar-refractivity contribution in [3.63, 3.8) is 0 Å². The van der Waals surface area contributed by atoms with Gasteiger partial charge in [-0.05, 0) is 38.5 Å². The van der Waals surface area contributed by atoms with Crippen molar-refractivity contribution >= 4 is 28.1 Å². The third-order valence-corrected chi connectivity index (χ3v) is 4.72. The maximum absolute atomic E-state index is 13.5. The van der Waals surface area contributed by atoms with Crippen LogP contribution in [0.25, 0.3) is 16.5 Å². The highest BCUT2D eigenvalue weighted by Gasteiger charge is 2.25. The number of pyridine rings is 1. The molecule has 3 aromatic rings. The summed E-state index contributed by atoms with van der Waals surface area (Å²) in [7, 11) is 0. The molecule has 136 valence electrons. The highest BCUT2D eigenvalue weighted by molar-refractivity contribution is 6.15. The first-order valence-electron chi connectivity index (χ1n) is 9.19. The maximum atomic E-state index is 13.5. The minimum absolute atomic E-state index is 0.0112. The SMILES string of the molecule is CC1=CCN(C(=O)c2cc(OC(C)C)nc3ccccc23)c2ccccc21. The van der Waals surface area contributed by atoms with E-state index in [1.807, 2.05) is 61.2 Å². The lowest BCUT2D eigenvalue weighted by Gasteiger charge is -2.29. The van der Waals surface area contributed by atoms with Gasteiger partial charge >= 0.3 is 0 Å². The van der Waals surface area contributed by atoms with E-state index >= 15 is 0 Å². The van der Waals surface area contributed by atoms with Crippen LogP contribution < -0.4 is 9.64 Å². The Morgan fingerprint density at radius 2 is 1.85 bits per heavy atom. The molecule has 0 N–H and O–H groups in total. The van der Waals surface area contributed by atoms with Gasteiger partial charge in [0.2, 0.25) is 5.88 Å². The van der Waals surface area contributed by atoms with E-state index < -0.39 is 0 Å². The molecule has 2 aromatic carbocycles. The summed E-state index contributed by atoms with van der Waals surface area (Å²) in [6.07, 6.45) is 2.08. The van der Waals surface area contributed by atoms with E-state index in [1.54, 1.807) is 6.07 Å². The Kier molecular flexibility index (Phi) is 4.40. The average Bonchev–Trinajstić information content (AvgIpc) is 2.67. The topological polar surface area (TPSA) is 42.4 Å². The van der Waals surface area contributed by atoms with Crippen LogP contribution in [0, 0.1) is 0 Å². The Balaban J connectivity index is 1.83. The van der Waals surface area contributed by atoms with Crippen LogP contribution in [0.2, 0.25) is 0 Å². The van der Waals surface area contributed by atoms with Gasteiger partial charge in [0.05, 0.1) is 22.9 Å². The summed E-state index contributed by atoms with van der Waals surface area (Å²) < 4.78 is 5.79. The van der Waals surface area contributed by atoms with Crippen LogP contribution >= 0.6 is 0 Å². The van der Waals surface area contributed by atoms with Crippen molar-refractivity contribution in [2.75, 3.05) is 11.4 Å². The van der Waals surface area contributed by atoms with Gasteiger partial charge in [-0.1, -0.05) is 42.5 Å². The Morgan fingerprint density at radius 1 is 1.11 bits per heavy atom. The van der Waals surface area contributed by atoms with Crippen LogP contribution in [0.4, 0.5) is 5.69 Å². The Hall–Kier alpha value is -3.14. The molecule has 1 aromatic heterocycles. The third-order valence-electron chi connectivity index (χ3n) is 4.72. The van der Waals surface area contributed by atoms with Crippen molar-refractivity contribution < 1.29 is 9.53 Å². The van der Waals surface area contributed by atoms with Gasteiger partial charge in [0.1, 0.15) is 0 Å². The van der Waals surface area contributed by atoms with Gasteiger partial charge < -0.3 is 9.64 Å². The minimum atomic E-state index is -0.0431. The zero-order valence-corrected chi connectivity index (χ0v) is 15.8. The van der Waals surface area contributed by atoms with Crippen LogP contribution in [0.1, 0.15) is 36.7 Å². The van der Waals surface area contributed by atoms with Crippen LogP contribution in [0.3, 0.4) is 0 Å². The number of carbonyl (C=O) groups excluding carboxylic acids is 1. The van der Waals surface area contributed by atoms with Crippen LogP contribution in [0.5, 0.6) is 5.88 Å². The van der Waals surface area contributed by atoms with Gasteiger partial charge in [0, 0.05) is 23.6 Å². The van der Waals surface area contributed by atoms with Gasteiger partial charge in [-0.2, -0.15) is 0 Å². The monoisotopic (exact) mass is 358 g/mol. The molecule has 0 spiro atoms. The number of para-hydroxylation sites is 2. The van der Waals surface area contributed by atoms with Crippen LogP contribution in [-0.4, -0.2) is 23.5 Å². The molecule has 4 rings (SSSR count). The fourth-order valence-electron chi connectivity index (χ4n) is 3.45. The van der Waals surface area contributed by atoms with E-state index in [-0.39, 0.29) is 12.0 Å². The lowest BCUT2D eigenvalue weighted by molar-refractivity contribution is 0.0990. The van der Waals surface area contributed by atoms with Crippen LogP contribution in [-0.2, 0) is 0 Å².